The third-order valence-electron chi connectivity index (χ3n) is 4.98. The number of aromatic nitrogens is 2. The van der Waals surface area contributed by atoms with Gasteiger partial charge < -0.3 is 5.32 Å². The van der Waals surface area contributed by atoms with Gasteiger partial charge in [0, 0.05) is 63.6 Å². The van der Waals surface area contributed by atoms with Crippen molar-refractivity contribution in [1.29, 1.82) is 0 Å². The van der Waals surface area contributed by atoms with Crippen molar-refractivity contribution in [3.8, 4) is 5.69 Å². The van der Waals surface area contributed by atoms with E-state index < -0.39 is 0 Å². The first-order valence-corrected chi connectivity index (χ1v) is 8.64. The summed E-state index contributed by atoms with van der Waals surface area (Å²) >= 11 is 0. The van der Waals surface area contributed by atoms with Crippen LogP contribution in [-0.4, -0.2) is 64.9 Å². The molecule has 5 heteroatoms. The van der Waals surface area contributed by atoms with Gasteiger partial charge in [-0.3, -0.25) is 9.80 Å². The van der Waals surface area contributed by atoms with E-state index in [-0.39, 0.29) is 0 Å². The number of hydrogen-bond donors (Lipinski definition) is 1. The largest absolute Gasteiger partial charge is 0.314 e. The summed E-state index contributed by atoms with van der Waals surface area (Å²) < 4.78 is 1.97. The third kappa shape index (κ3) is 3.47. The van der Waals surface area contributed by atoms with Crippen LogP contribution in [0.15, 0.2) is 42.7 Å². The number of nitrogens with zero attached hydrogens (tertiary/aromatic N) is 4. The lowest BCUT2D eigenvalue weighted by Gasteiger charge is -2.32. The molecule has 122 valence electrons. The van der Waals surface area contributed by atoms with Crippen molar-refractivity contribution in [2.24, 2.45) is 0 Å². The van der Waals surface area contributed by atoms with E-state index in [1.54, 1.807) is 0 Å². The Balaban J connectivity index is 1.35. The number of likely N-dealkylation sites (tertiary alicyclic amines) is 1. The van der Waals surface area contributed by atoms with Gasteiger partial charge in [0.25, 0.3) is 0 Å². The monoisotopic (exact) mass is 311 g/mol. The van der Waals surface area contributed by atoms with Crippen LogP contribution in [0.25, 0.3) is 5.69 Å². The van der Waals surface area contributed by atoms with Crippen molar-refractivity contribution in [2.45, 2.75) is 19.0 Å². The van der Waals surface area contributed by atoms with Crippen LogP contribution >= 0.6 is 0 Å². The first-order chi connectivity index (χ1) is 11.4. The average Bonchev–Trinajstić information content (AvgIpc) is 3.27. The summed E-state index contributed by atoms with van der Waals surface area (Å²) in [4.78, 5) is 5.23. The fraction of sp³-hybridized carbons (Fsp3) is 0.500. The van der Waals surface area contributed by atoms with Gasteiger partial charge in [0.05, 0.1) is 11.9 Å². The highest BCUT2D eigenvalue weighted by Crippen LogP contribution is 2.19. The zero-order valence-corrected chi connectivity index (χ0v) is 13.6. The van der Waals surface area contributed by atoms with Crippen LogP contribution in [0, 0.1) is 0 Å². The molecule has 1 atom stereocenters. The molecule has 0 radical (unpaired) electrons. The van der Waals surface area contributed by atoms with Gasteiger partial charge in [0.2, 0.25) is 0 Å². The van der Waals surface area contributed by atoms with Gasteiger partial charge >= 0.3 is 0 Å². The zero-order chi connectivity index (χ0) is 15.5. The van der Waals surface area contributed by atoms with Gasteiger partial charge in [-0.25, -0.2) is 4.68 Å². The Morgan fingerprint density at radius 2 is 1.91 bits per heavy atom. The van der Waals surface area contributed by atoms with E-state index >= 15 is 0 Å². The van der Waals surface area contributed by atoms with E-state index in [1.807, 2.05) is 16.9 Å². The van der Waals surface area contributed by atoms with E-state index in [0.717, 1.165) is 31.4 Å². The van der Waals surface area contributed by atoms with E-state index in [2.05, 4.69) is 50.7 Å². The van der Waals surface area contributed by atoms with Crippen molar-refractivity contribution >= 4 is 0 Å². The Labute approximate surface area is 137 Å². The van der Waals surface area contributed by atoms with Gasteiger partial charge in [-0.15, -0.1) is 0 Å². The Bertz CT molecular complexity index is 617. The summed E-state index contributed by atoms with van der Waals surface area (Å²) in [5.74, 6) is 0. The smallest absolute Gasteiger partial charge is 0.0645 e. The van der Waals surface area contributed by atoms with Gasteiger partial charge in [0.1, 0.15) is 0 Å². The lowest BCUT2D eigenvalue weighted by atomic mass is 10.2. The molecule has 2 saturated heterocycles. The SMILES string of the molecule is c1ccc(-n2cc(CN3CCC(N4CCNCC4)C3)cn2)cc1. The van der Waals surface area contributed by atoms with Gasteiger partial charge in [-0.2, -0.15) is 5.10 Å². The average molecular weight is 311 g/mol. The summed E-state index contributed by atoms with van der Waals surface area (Å²) in [5, 5.41) is 7.95. The number of piperazine rings is 1. The first kappa shape index (κ1) is 14.9. The van der Waals surface area contributed by atoms with Crippen molar-refractivity contribution in [1.82, 2.24) is 24.9 Å². The Morgan fingerprint density at radius 1 is 1.09 bits per heavy atom. The fourth-order valence-electron chi connectivity index (χ4n) is 3.72. The van der Waals surface area contributed by atoms with E-state index in [0.29, 0.717) is 0 Å². The van der Waals surface area contributed by atoms with E-state index in [4.69, 9.17) is 0 Å². The molecule has 23 heavy (non-hydrogen) atoms. The Kier molecular flexibility index (Phi) is 4.41. The number of hydrogen-bond acceptors (Lipinski definition) is 4. The number of benzene rings is 1. The van der Waals surface area contributed by atoms with Crippen LogP contribution in [-0.2, 0) is 6.54 Å². The summed E-state index contributed by atoms with van der Waals surface area (Å²) in [5.41, 5.74) is 2.42. The first-order valence-electron chi connectivity index (χ1n) is 8.64. The van der Waals surface area contributed by atoms with E-state index in [1.165, 1.54) is 38.2 Å². The Morgan fingerprint density at radius 3 is 2.74 bits per heavy atom. The predicted molar refractivity (Wildman–Crippen MR) is 91.7 cm³/mol. The maximum atomic E-state index is 4.51. The second kappa shape index (κ2) is 6.83. The minimum Gasteiger partial charge on any atom is -0.314 e. The zero-order valence-electron chi connectivity index (χ0n) is 13.6. The lowest BCUT2D eigenvalue weighted by molar-refractivity contribution is 0.170. The normalized spacial score (nSPS) is 23.4. The molecule has 4 rings (SSSR count). The van der Waals surface area contributed by atoms with Crippen LogP contribution in [0.5, 0.6) is 0 Å². The van der Waals surface area contributed by atoms with E-state index in [9.17, 15) is 0 Å². The molecule has 0 amide bonds. The Hall–Kier alpha value is -1.69. The summed E-state index contributed by atoms with van der Waals surface area (Å²) in [6.45, 7) is 8.08. The molecule has 0 bridgehead atoms. The molecule has 1 aromatic heterocycles. The molecule has 0 saturated carbocycles. The maximum absolute atomic E-state index is 4.51. The summed E-state index contributed by atoms with van der Waals surface area (Å²) in [6, 6.07) is 11.1. The van der Waals surface area contributed by atoms with Crippen molar-refractivity contribution in [2.75, 3.05) is 39.3 Å². The highest BCUT2D eigenvalue weighted by atomic mass is 15.3. The number of nitrogens with one attached hydrogen (secondary N) is 1. The molecule has 2 aromatic rings. The maximum Gasteiger partial charge on any atom is 0.0645 e. The molecule has 0 spiro atoms. The molecule has 2 aliphatic heterocycles. The minimum atomic E-state index is 0.737. The van der Waals surface area contributed by atoms with Gasteiger partial charge in [0.15, 0.2) is 0 Å². The summed E-state index contributed by atoms with van der Waals surface area (Å²) in [6.07, 6.45) is 5.46. The third-order valence-corrected chi connectivity index (χ3v) is 4.98. The standard InChI is InChI=1S/C18H25N5/c1-2-4-17(5-3-1)23-14-16(12-20-23)13-21-9-6-18(15-21)22-10-7-19-8-11-22/h1-5,12,14,18-19H,6-11,13,15H2. The van der Waals surface area contributed by atoms with Crippen molar-refractivity contribution in [3.05, 3.63) is 48.3 Å². The van der Waals surface area contributed by atoms with Crippen LogP contribution in [0.2, 0.25) is 0 Å². The highest BCUT2D eigenvalue weighted by molar-refractivity contribution is 5.30. The molecular weight excluding hydrogens is 286 g/mol. The van der Waals surface area contributed by atoms with Gasteiger partial charge in [-0.1, -0.05) is 18.2 Å². The van der Waals surface area contributed by atoms with Crippen LogP contribution in [0.1, 0.15) is 12.0 Å². The molecule has 1 aromatic carbocycles. The molecule has 1 unspecified atom stereocenters. The lowest BCUT2D eigenvalue weighted by Crippen LogP contribution is -2.49. The molecule has 3 heterocycles. The minimum absolute atomic E-state index is 0.737. The number of para-hydroxylation sites is 1. The fourth-order valence-corrected chi connectivity index (χ4v) is 3.72. The molecule has 2 aliphatic rings. The molecule has 5 nitrogen and oxygen atoms in total. The summed E-state index contributed by atoms with van der Waals surface area (Å²) in [7, 11) is 0. The van der Waals surface area contributed by atoms with Crippen LogP contribution < -0.4 is 5.32 Å². The molecule has 1 N–H and O–H groups in total. The molecule has 2 fully saturated rings. The number of rotatable bonds is 4. The van der Waals surface area contributed by atoms with Gasteiger partial charge in [-0.05, 0) is 18.6 Å². The van der Waals surface area contributed by atoms with Crippen molar-refractivity contribution < 1.29 is 0 Å². The van der Waals surface area contributed by atoms with Crippen LogP contribution in [0.3, 0.4) is 0 Å². The predicted octanol–water partition coefficient (Wildman–Crippen LogP) is 1.35. The second-order valence-corrected chi connectivity index (χ2v) is 6.59. The molecule has 0 aliphatic carbocycles. The quantitative estimate of drug-likeness (QED) is 0.925. The second-order valence-electron chi connectivity index (χ2n) is 6.59. The highest BCUT2D eigenvalue weighted by Gasteiger charge is 2.28. The topological polar surface area (TPSA) is 36.3 Å². The molecular formula is C18H25N5. The van der Waals surface area contributed by atoms with Crippen molar-refractivity contribution in [3.63, 3.8) is 0 Å². The van der Waals surface area contributed by atoms with Crippen LogP contribution in [0.4, 0.5) is 0 Å².